The van der Waals surface area contributed by atoms with Crippen LogP contribution in [-0.4, -0.2) is 37.1 Å². The average Bonchev–Trinajstić information content (AvgIpc) is 3.53. The number of H-pyrrole nitrogens is 1. The molecule has 1 aliphatic carbocycles. The molecule has 1 amide bonds. The molecule has 7 heteroatoms. The van der Waals surface area contributed by atoms with Gasteiger partial charge in [-0.15, -0.1) is 5.10 Å². The highest BCUT2D eigenvalue weighted by Crippen LogP contribution is 2.34. The van der Waals surface area contributed by atoms with Gasteiger partial charge in [0.15, 0.2) is 0 Å². The lowest BCUT2D eigenvalue weighted by Crippen LogP contribution is -2.32. The van der Waals surface area contributed by atoms with E-state index in [4.69, 9.17) is 0 Å². The van der Waals surface area contributed by atoms with Crippen LogP contribution in [0.3, 0.4) is 0 Å². The highest BCUT2D eigenvalue weighted by Gasteiger charge is 2.29. The second-order valence-electron chi connectivity index (χ2n) is 7.90. The molecule has 152 valence electrons. The van der Waals surface area contributed by atoms with Crippen molar-refractivity contribution in [3.8, 4) is 22.4 Å². The van der Waals surface area contributed by atoms with Crippen LogP contribution < -0.4 is 5.32 Å². The second-order valence-corrected chi connectivity index (χ2v) is 7.90. The number of aromatic amines is 1. The predicted molar refractivity (Wildman–Crippen MR) is 116 cm³/mol. The summed E-state index contributed by atoms with van der Waals surface area (Å²) in [6.45, 7) is 1.88. The highest BCUT2D eigenvalue weighted by molar-refractivity contribution is 5.84. The minimum Gasteiger partial charge on any atom is -0.353 e. The molecule has 2 unspecified atom stereocenters. The summed E-state index contributed by atoms with van der Waals surface area (Å²) >= 11 is 0. The van der Waals surface area contributed by atoms with E-state index in [9.17, 15) is 4.79 Å². The number of hydrogen-bond donors (Lipinski definition) is 2. The molecule has 2 aromatic heterocycles. The van der Waals surface area contributed by atoms with Gasteiger partial charge in [0, 0.05) is 23.4 Å². The molecule has 1 saturated carbocycles. The average molecular weight is 400 g/mol. The molecular formula is C23H24N6O. The molecule has 0 aliphatic heterocycles. The van der Waals surface area contributed by atoms with E-state index < -0.39 is 0 Å². The number of rotatable bonds is 5. The van der Waals surface area contributed by atoms with Gasteiger partial charge in [0.1, 0.15) is 0 Å². The van der Waals surface area contributed by atoms with Crippen LogP contribution in [0.2, 0.25) is 0 Å². The number of aromatic nitrogens is 5. The summed E-state index contributed by atoms with van der Waals surface area (Å²) in [6, 6.07) is 15.3. The van der Waals surface area contributed by atoms with E-state index in [1.165, 1.54) is 0 Å². The standard InChI is InChI=1S/C23H24N6O/c1-2-23(30)26-19-8-9-20(12-19)29-22(14-25-28-29)16-5-3-15(4-6-16)17-7-10-21-18(11-17)13-24-27-21/h3-7,10-11,13-14,19-20H,2,8-9,12H2,1H3,(H,24,27)(H,26,30). The van der Waals surface area contributed by atoms with Gasteiger partial charge in [0.05, 0.1) is 29.6 Å². The second kappa shape index (κ2) is 7.74. The van der Waals surface area contributed by atoms with Crippen LogP contribution in [0.4, 0.5) is 0 Å². The number of carbonyl (C=O) groups excluding carboxylic acids is 1. The molecule has 0 bridgehead atoms. The van der Waals surface area contributed by atoms with Crippen molar-refractivity contribution in [2.75, 3.05) is 0 Å². The third-order valence-corrected chi connectivity index (χ3v) is 5.97. The molecule has 30 heavy (non-hydrogen) atoms. The lowest BCUT2D eigenvalue weighted by Gasteiger charge is -2.15. The Labute approximate surface area is 174 Å². The molecule has 5 rings (SSSR count). The first-order valence-electron chi connectivity index (χ1n) is 10.4. The van der Waals surface area contributed by atoms with Gasteiger partial charge in [-0.1, -0.05) is 42.5 Å². The van der Waals surface area contributed by atoms with E-state index >= 15 is 0 Å². The van der Waals surface area contributed by atoms with E-state index in [0.29, 0.717) is 6.42 Å². The minimum atomic E-state index is 0.115. The molecule has 2 N–H and O–H groups in total. The van der Waals surface area contributed by atoms with E-state index in [2.05, 4.69) is 68.3 Å². The fourth-order valence-corrected chi connectivity index (χ4v) is 4.32. The van der Waals surface area contributed by atoms with Crippen LogP contribution in [0.25, 0.3) is 33.3 Å². The van der Waals surface area contributed by atoms with E-state index in [-0.39, 0.29) is 18.0 Å². The van der Waals surface area contributed by atoms with Crippen molar-refractivity contribution in [3.63, 3.8) is 0 Å². The Hall–Kier alpha value is -3.48. The quantitative estimate of drug-likeness (QED) is 0.528. The van der Waals surface area contributed by atoms with Gasteiger partial charge in [-0.3, -0.25) is 9.89 Å². The zero-order chi connectivity index (χ0) is 20.5. The van der Waals surface area contributed by atoms with Crippen LogP contribution in [0.15, 0.2) is 54.9 Å². The lowest BCUT2D eigenvalue weighted by atomic mass is 10.0. The maximum atomic E-state index is 11.7. The monoisotopic (exact) mass is 400 g/mol. The van der Waals surface area contributed by atoms with Crippen molar-refractivity contribution in [1.29, 1.82) is 0 Å². The van der Waals surface area contributed by atoms with E-state index in [1.807, 2.05) is 24.0 Å². The SMILES string of the molecule is CCC(=O)NC1CCC(n2nncc2-c2ccc(-c3ccc4[nH]ncc4c3)cc2)C1. The van der Waals surface area contributed by atoms with E-state index in [1.54, 1.807) is 0 Å². The number of amides is 1. The summed E-state index contributed by atoms with van der Waals surface area (Å²) in [5.41, 5.74) is 5.46. The summed E-state index contributed by atoms with van der Waals surface area (Å²) < 4.78 is 2.02. The largest absolute Gasteiger partial charge is 0.353 e. The third kappa shape index (κ3) is 3.47. The Balaban J connectivity index is 1.36. The Kier molecular flexibility index (Phi) is 4.78. The number of fused-ring (bicyclic) bond motifs is 1. The summed E-state index contributed by atoms with van der Waals surface area (Å²) in [5.74, 6) is 0.115. The number of nitrogens with one attached hydrogen (secondary N) is 2. The maximum absolute atomic E-state index is 11.7. The summed E-state index contributed by atoms with van der Waals surface area (Å²) in [7, 11) is 0. The number of nitrogens with zero attached hydrogens (tertiary/aromatic N) is 4. The molecule has 1 aliphatic rings. The third-order valence-electron chi connectivity index (χ3n) is 5.97. The van der Waals surface area contributed by atoms with Crippen LogP contribution in [0.5, 0.6) is 0 Å². The summed E-state index contributed by atoms with van der Waals surface area (Å²) in [4.78, 5) is 11.7. The molecule has 1 fully saturated rings. The van der Waals surface area contributed by atoms with Crippen molar-refractivity contribution in [2.45, 2.75) is 44.7 Å². The fourth-order valence-electron chi connectivity index (χ4n) is 4.32. The first-order chi connectivity index (χ1) is 14.7. The first kappa shape index (κ1) is 18.5. The predicted octanol–water partition coefficient (Wildman–Crippen LogP) is 4.11. The van der Waals surface area contributed by atoms with Crippen molar-refractivity contribution >= 4 is 16.8 Å². The van der Waals surface area contributed by atoms with Crippen LogP contribution >= 0.6 is 0 Å². The molecule has 4 aromatic rings. The van der Waals surface area contributed by atoms with Crippen molar-refractivity contribution in [2.24, 2.45) is 0 Å². The molecule has 2 aromatic carbocycles. The molecule has 0 spiro atoms. The topological polar surface area (TPSA) is 88.5 Å². The van der Waals surface area contributed by atoms with Crippen molar-refractivity contribution < 1.29 is 4.79 Å². The molecular weight excluding hydrogens is 376 g/mol. The summed E-state index contributed by atoms with van der Waals surface area (Å²) in [6.07, 6.45) is 7.05. The van der Waals surface area contributed by atoms with Gasteiger partial charge in [-0.2, -0.15) is 5.10 Å². The molecule has 0 saturated heterocycles. The normalized spacial score (nSPS) is 18.7. The zero-order valence-electron chi connectivity index (χ0n) is 16.9. The Morgan fingerprint density at radius 3 is 2.73 bits per heavy atom. The fraction of sp³-hybridized carbons (Fsp3) is 0.304. The molecule has 7 nitrogen and oxygen atoms in total. The molecule has 0 radical (unpaired) electrons. The Morgan fingerprint density at radius 2 is 1.90 bits per heavy atom. The summed E-state index contributed by atoms with van der Waals surface area (Å²) in [5, 5.41) is 19.8. The van der Waals surface area contributed by atoms with Crippen LogP contribution in [0, 0.1) is 0 Å². The van der Waals surface area contributed by atoms with Crippen molar-refractivity contribution in [3.05, 3.63) is 54.9 Å². The number of carbonyl (C=O) groups is 1. The Morgan fingerprint density at radius 1 is 1.10 bits per heavy atom. The van der Waals surface area contributed by atoms with Gasteiger partial charge < -0.3 is 5.32 Å². The Bertz CT molecular complexity index is 1180. The first-order valence-corrected chi connectivity index (χ1v) is 10.4. The number of hydrogen-bond acceptors (Lipinski definition) is 4. The van der Waals surface area contributed by atoms with Gasteiger partial charge in [-0.25, -0.2) is 4.68 Å². The lowest BCUT2D eigenvalue weighted by molar-refractivity contribution is -0.121. The maximum Gasteiger partial charge on any atom is 0.219 e. The van der Waals surface area contributed by atoms with Gasteiger partial charge in [0.2, 0.25) is 5.91 Å². The minimum absolute atomic E-state index is 0.115. The van der Waals surface area contributed by atoms with Gasteiger partial charge >= 0.3 is 0 Å². The van der Waals surface area contributed by atoms with Gasteiger partial charge in [0.25, 0.3) is 0 Å². The number of benzene rings is 2. The van der Waals surface area contributed by atoms with Gasteiger partial charge in [-0.05, 0) is 42.5 Å². The highest BCUT2D eigenvalue weighted by atomic mass is 16.1. The van der Waals surface area contributed by atoms with Crippen LogP contribution in [-0.2, 0) is 4.79 Å². The molecule has 2 heterocycles. The van der Waals surface area contributed by atoms with E-state index in [0.717, 1.165) is 52.5 Å². The zero-order valence-corrected chi connectivity index (χ0v) is 16.9. The smallest absolute Gasteiger partial charge is 0.219 e. The van der Waals surface area contributed by atoms with Crippen molar-refractivity contribution in [1.82, 2.24) is 30.5 Å². The van der Waals surface area contributed by atoms with Crippen LogP contribution in [0.1, 0.15) is 38.6 Å². The molecule has 2 atom stereocenters.